The lowest BCUT2D eigenvalue weighted by molar-refractivity contribution is -0.117. The molecule has 3 heteroatoms. The average Bonchev–Trinajstić information content (AvgIpc) is 2.82. The van der Waals surface area contributed by atoms with E-state index in [1.54, 1.807) is 6.20 Å². The number of aromatic nitrogens is 1. The molecule has 3 rings (SSSR count). The molecule has 1 aliphatic rings. The number of carbonyl (C=O) groups excluding carboxylic acids is 1. The van der Waals surface area contributed by atoms with Crippen LogP contribution in [0.4, 0.5) is 5.69 Å². The first kappa shape index (κ1) is 11.9. The molecule has 1 atom stereocenters. The fourth-order valence-corrected chi connectivity index (χ4v) is 2.60. The van der Waals surface area contributed by atoms with Gasteiger partial charge in [0, 0.05) is 36.5 Å². The van der Waals surface area contributed by atoms with Crippen molar-refractivity contribution in [3.8, 4) is 0 Å². The van der Waals surface area contributed by atoms with Gasteiger partial charge in [-0.2, -0.15) is 0 Å². The number of hydrogen-bond acceptors (Lipinski definition) is 2. The van der Waals surface area contributed by atoms with Crippen molar-refractivity contribution in [2.24, 2.45) is 0 Å². The molecule has 0 aliphatic carbocycles. The number of nitrogens with zero attached hydrogens (tertiary/aromatic N) is 2. The summed E-state index contributed by atoms with van der Waals surface area (Å²) in [7, 11) is 0. The van der Waals surface area contributed by atoms with E-state index in [-0.39, 0.29) is 5.91 Å². The van der Waals surface area contributed by atoms with Crippen molar-refractivity contribution in [2.45, 2.75) is 19.3 Å². The molecule has 0 saturated carbocycles. The van der Waals surface area contributed by atoms with Crippen LogP contribution in [0.1, 0.15) is 23.6 Å². The molecule has 1 aliphatic heterocycles. The Balaban J connectivity index is 1.85. The monoisotopic (exact) mass is 252 g/mol. The Kier molecular flexibility index (Phi) is 3.03. The number of aryl methyl sites for hydroxylation is 1. The molecule has 1 unspecified atom stereocenters. The lowest BCUT2D eigenvalue weighted by Gasteiger charge is -2.17. The molecule has 3 nitrogen and oxygen atoms in total. The molecule has 0 N–H and O–H groups in total. The van der Waals surface area contributed by atoms with Crippen LogP contribution in [0, 0.1) is 6.92 Å². The number of anilines is 1. The highest BCUT2D eigenvalue weighted by Gasteiger charge is 2.31. The molecule has 1 saturated heterocycles. The number of hydrogen-bond donors (Lipinski definition) is 0. The normalized spacial score (nSPS) is 18.9. The van der Waals surface area contributed by atoms with Crippen LogP contribution in [0.15, 0.2) is 48.7 Å². The van der Waals surface area contributed by atoms with Crippen LogP contribution in [-0.4, -0.2) is 17.4 Å². The highest BCUT2D eigenvalue weighted by atomic mass is 16.2. The van der Waals surface area contributed by atoms with E-state index in [0.717, 1.165) is 17.9 Å². The quantitative estimate of drug-likeness (QED) is 0.823. The van der Waals surface area contributed by atoms with Gasteiger partial charge < -0.3 is 4.90 Å². The third kappa shape index (κ3) is 2.36. The van der Waals surface area contributed by atoms with Gasteiger partial charge in [0.25, 0.3) is 0 Å². The highest BCUT2D eigenvalue weighted by Crippen LogP contribution is 2.31. The summed E-state index contributed by atoms with van der Waals surface area (Å²) < 4.78 is 0. The first-order valence-electron chi connectivity index (χ1n) is 6.52. The summed E-state index contributed by atoms with van der Waals surface area (Å²) in [5.74, 6) is 0.488. The van der Waals surface area contributed by atoms with Crippen LogP contribution in [-0.2, 0) is 4.79 Å². The van der Waals surface area contributed by atoms with E-state index in [2.05, 4.69) is 17.1 Å². The molecule has 0 radical (unpaired) electrons. The molecule has 1 amide bonds. The van der Waals surface area contributed by atoms with Gasteiger partial charge in [-0.3, -0.25) is 9.78 Å². The Labute approximate surface area is 112 Å². The summed E-state index contributed by atoms with van der Waals surface area (Å²) in [5.41, 5.74) is 3.13. The van der Waals surface area contributed by atoms with Crippen molar-refractivity contribution in [3.63, 3.8) is 0 Å². The van der Waals surface area contributed by atoms with Crippen LogP contribution >= 0.6 is 0 Å². The maximum absolute atomic E-state index is 12.2. The van der Waals surface area contributed by atoms with Crippen LogP contribution in [0.2, 0.25) is 0 Å². The summed E-state index contributed by atoms with van der Waals surface area (Å²) in [5, 5.41) is 0. The van der Waals surface area contributed by atoms with Crippen LogP contribution in [0.3, 0.4) is 0 Å². The molecular weight excluding hydrogens is 236 g/mol. The third-order valence-electron chi connectivity index (χ3n) is 3.59. The van der Waals surface area contributed by atoms with E-state index < -0.39 is 0 Å². The fraction of sp³-hybridized carbons (Fsp3) is 0.250. The SMILES string of the molecule is Cc1cc(N2CC(c3ccccc3)CC2=O)ccn1. The highest BCUT2D eigenvalue weighted by molar-refractivity contribution is 5.96. The average molecular weight is 252 g/mol. The van der Waals surface area contributed by atoms with Gasteiger partial charge >= 0.3 is 0 Å². The van der Waals surface area contributed by atoms with Gasteiger partial charge in [-0.15, -0.1) is 0 Å². The summed E-state index contributed by atoms with van der Waals surface area (Å²) in [6, 6.07) is 14.1. The second-order valence-corrected chi connectivity index (χ2v) is 4.97. The van der Waals surface area contributed by atoms with Crippen LogP contribution in [0.5, 0.6) is 0 Å². The maximum Gasteiger partial charge on any atom is 0.227 e. The molecule has 0 spiro atoms. The molecule has 19 heavy (non-hydrogen) atoms. The van der Waals surface area contributed by atoms with E-state index in [4.69, 9.17) is 0 Å². The zero-order valence-electron chi connectivity index (χ0n) is 10.9. The third-order valence-corrected chi connectivity index (χ3v) is 3.59. The van der Waals surface area contributed by atoms with Gasteiger partial charge in [0.1, 0.15) is 0 Å². The minimum Gasteiger partial charge on any atom is -0.312 e. The Morgan fingerprint density at radius 2 is 2.00 bits per heavy atom. The molecule has 1 aromatic carbocycles. The summed E-state index contributed by atoms with van der Waals surface area (Å²) in [4.78, 5) is 18.2. The van der Waals surface area contributed by atoms with Crippen LogP contribution in [0.25, 0.3) is 0 Å². The smallest absolute Gasteiger partial charge is 0.227 e. The Morgan fingerprint density at radius 3 is 2.74 bits per heavy atom. The zero-order chi connectivity index (χ0) is 13.2. The van der Waals surface area contributed by atoms with E-state index in [1.165, 1.54) is 5.56 Å². The molecule has 2 aromatic rings. The van der Waals surface area contributed by atoms with Crippen molar-refractivity contribution in [2.75, 3.05) is 11.4 Å². The molecule has 96 valence electrons. The first-order valence-corrected chi connectivity index (χ1v) is 6.52. The zero-order valence-corrected chi connectivity index (χ0v) is 10.9. The van der Waals surface area contributed by atoms with Crippen LogP contribution < -0.4 is 4.90 Å². The number of carbonyl (C=O) groups is 1. The minimum atomic E-state index is 0.194. The molecule has 1 fully saturated rings. The number of rotatable bonds is 2. The van der Waals surface area contributed by atoms with Crippen molar-refractivity contribution in [3.05, 3.63) is 59.9 Å². The van der Waals surface area contributed by atoms with Gasteiger partial charge in [0.15, 0.2) is 0 Å². The summed E-state index contributed by atoms with van der Waals surface area (Å²) in [6.07, 6.45) is 2.35. The molecule has 0 bridgehead atoms. The lowest BCUT2D eigenvalue weighted by Crippen LogP contribution is -2.24. The summed E-state index contributed by atoms with van der Waals surface area (Å²) >= 11 is 0. The van der Waals surface area contributed by atoms with Crippen molar-refractivity contribution >= 4 is 11.6 Å². The first-order chi connectivity index (χ1) is 9.24. The van der Waals surface area contributed by atoms with E-state index >= 15 is 0 Å². The van der Waals surface area contributed by atoms with E-state index in [0.29, 0.717) is 12.3 Å². The molecule has 2 heterocycles. The van der Waals surface area contributed by atoms with Gasteiger partial charge in [-0.05, 0) is 24.6 Å². The van der Waals surface area contributed by atoms with E-state index in [9.17, 15) is 4.79 Å². The Hall–Kier alpha value is -2.16. The van der Waals surface area contributed by atoms with Gasteiger partial charge in [0.05, 0.1) is 0 Å². The van der Waals surface area contributed by atoms with Gasteiger partial charge in [-0.25, -0.2) is 0 Å². The second-order valence-electron chi connectivity index (χ2n) is 4.97. The lowest BCUT2D eigenvalue weighted by atomic mass is 9.99. The van der Waals surface area contributed by atoms with Crippen molar-refractivity contribution in [1.82, 2.24) is 4.98 Å². The second kappa shape index (κ2) is 4.84. The number of benzene rings is 1. The molecular formula is C16H16N2O. The van der Waals surface area contributed by atoms with E-state index in [1.807, 2.05) is 42.2 Å². The largest absolute Gasteiger partial charge is 0.312 e. The predicted octanol–water partition coefficient (Wildman–Crippen LogP) is 2.91. The maximum atomic E-state index is 12.2. The predicted molar refractivity (Wildman–Crippen MR) is 75.1 cm³/mol. The van der Waals surface area contributed by atoms with Gasteiger partial charge in [0.2, 0.25) is 5.91 Å². The standard InChI is InChI=1S/C16H16N2O/c1-12-9-15(7-8-17-12)18-11-14(10-16(18)19)13-5-3-2-4-6-13/h2-9,14H,10-11H2,1H3. The Bertz CT molecular complexity index is 595. The van der Waals surface area contributed by atoms with Gasteiger partial charge in [-0.1, -0.05) is 30.3 Å². The summed E-state index contributed by atoms with van der Waals surface area (Å²) in [6.45, 7) is 2.70. The molecule has 1 aromatic heterocycles. The fourth-order valence-electron chi connectivity index (χ4n) is 2.60. The minimum absolute atomic E-state index is 0.194. The Morgan fingerprint density at radius 1 is 1.21 bits per heavy atom. The van der Waals surface area contributed by atoms with Crippen molar-refractivity contribution in [1.29, 1.82) is 0 Å². The van der Waals surface area contributed by atoms with Crippen molar-refractivity contribution < 1.29 is 4.79 Å². The number of pyridine rings is 1. The topological polar surface area (TPSA) is 33.2 Å². The number of amides is 1.